The third-order valence-electron chi connectivity index (χ3n) is 3.14. The molecule has 2 aromatic heterocycles. The van der Waals surface area contributed by atoms with Crippen LogP contribution in [-0.2, 0) is 0 Å². The second kappa shape index (κ2) is 5.76. The van der Waals surface area contributed by atoms with E-state index in [1.54, 1.807) is 26.3 Å². The van der Waals surface area contributed by atoms with Crippen LogP contribution >= 0.6 is 15.9 Å². The molecule has 3 rings (SSSR count). The first-order valence-electron chi connectivity index (χ1n) is 6.46. The van der Waals surface area contributed by atoms with Gasteiger partial charge in [-0.2, -0.15) is 0 Å². The Kier molecular flexibility index (Phi) is 3.81. The molecule has 1 N–H and O–H groups in total. The number of ether oxygens (including phenoxy) is 1. The maximum atomic E-state index is 12.5. The van der Waals surface area contributed by atoms with Crippen LogP contribution in [0.2, 0.25) is 0 Å². The van der Waals surface area contributed by atoms with E-state index in [9.17, 15) is 4.79 Å². The summed E-state index contributed by atoms with van der Waals surface area (Å²) < 4.78 is 10.9. The number of anilines is 1. The first-order valence-corrected chi connectivity index (χ1v) is 7.25. The minimum Gasteiger partial charge on any atom is -0.496 e. The monoisotopic (exact) mass is 361 g/mol. The van der Waals surface area contributed by atoms with Crippen LogP contribution < -0.4 is 10.1 Å². The topological polar surface area (TPSA) is 77.2 Å². The van der Waals surface area contributed by atoms with Gasteiger partial charge < -0.3 is 14.6 Å². The number of amides is 1. The van der Waals surface area contributed by atoms with Crippen molar-refractivity contribution in [2.45, 2.75) is 6.92 Å². The predicted molar refractivity (Wildman–Crippen MR) is 85.2 cm³/mol. The zero-order chi connectivity index (χ0) is 15.7. The molecule has 22 heavy (non-hydrogen) atoms. The molecule has 0 atom stereocenters. The number of aromatic nitrogens is 2. The Balaban J connectivity index is 2.07. The van der Waals surface area contributed by atoms with Crippen molar-refractivity contribution in [3.8, 4) is 5.75 Å². The van der Waals surface area contributed by atoms with E-state index in [1.807, 2.05) is 18.2 Å². The van der Waals surface area contributed by atoms with Crippen molar-refractivity contribution in [2.24, 2.45) is 0 Å². The molecule has 0 bridgehead atoms. The number of halogens is 1. The van der Waals surface area contributed by atoms with E-state index >= 15 is 0 Å². The Morgan fingerprint density at radius 1 is 1.36 bits per heavy atom. The molecule has 2 heterocycles. The van der Waals surface area contributed by atoms with E-state index in [2.05, 4.69) is 31.4 Å². The smallest absolute Gasteiger partial charge is 0.276 e. The highest BCUT2D eigenvalue weighted by atomic mass is 79.9. The molecule has 0 radical (unpaired) electrons. The highest BCUT2D eigenvalue weighted by Gasteiger charge is 2.17. The van der Waals surface area contributed by atoms with Gasteiger partial charge >= 0.3 is 0 Å². The Hall–Kier alpha value is -2.41. The molecule has 0 saturated carbocycles. The van der Waals surface area contributed by atoms with Gasteiger partial charge in [-0.1, -0.05) is 11.2 Å². The number of nitrogens with one attached hydrogen (secondary N) is 1. The van der Waals surface area contributed by atoms with Crippen molar-refractivity contribution in [1.82, 2.24) is 10.1 Å². The third kappa shape index (κ3) is 2.55. The standard InChI is InChI=1S/C15H12BrN3O3/c1-8-7-11(19-22-8)18-15(20)14-12-9(5-6-17-14)3-4-10(21-2)13(12)16/h3-7H,1-2H3,(H,18,19,20). The Morgan fingerprint density at radius 3 is 2.86 bits per heavy atom. The molecule has 7 heteroatoms. The largest absolute Gasteiger partial charge is 0.496 e. The van der Waals surface area contributed by atoms with Gasteiger partial charge in [0.05, 0.1) is 11.6 Å². The van der Waals surface area contributed by atoms with Crippen LogP contribution in [0, 0.1) is 6.92 Å². The molecule has 6 nitrogen and oxygen atoms in total. The molecule has 0 aliphatic rings. The van der Waals surface area contributed by atoms with Gasteiger partial charge in [-0.15, -0.1) is 0 Å². The van der Waals surface area contributed by atoms with Gasteiger partial charge in [-0.25, -0.2) is 0 Å². The lowest BCUT2D eigenvalue weighted by Gasteiger charge is -2.10. The van der Waals surface area contributed by atoms with Crippen LogP contribution in [0.4, 0.5) is 5.82 Å². The van der Waals surface area contributed by atoms with Crippen LogP contribution in [0.3, 0.4) is 0 Å². The van der Waals surface area contributed by atoms with Crippen LogP contribution in [0.15, 0.2) is 39.5 Å². The molecule has 0 spiro atoms. The summed E-state index contributed by atoms with van der Waals surface area (Å²) in [4.78, 5) is 16.7. The molecule has 0 unspecified atom stereocenters. The zero-order valence-electron chi connectivity index (χ0n) is 11.9. The molecular formula is C15H12BrN3O3. The van der Waals surface area contributed by atoms with E-state index < -0.39 is 0 Å². The number of hydrogen-bond acceptors (Lipinski definition) is 5. The summed E-state index contributed by atoms with van der Waals surface area (Å²) in [6, 6.07) is 7.17. The van der Waals surface area contributed by atoms with Crippen LogP contribution in [-0.4, -0.2) is 23.2 Å². The second-order valence-corrected chi connectivity index (χ2v) is 5.41. The molecule has 3 aromatic rings. The van der Waals surface area contributed by atoms with Crippen molar-refractivity contribution >= 4 is 38.4 Å². The average molecular weight is 362 g/mol. The quantitative estimate of drug-likeness (QED) is 0.771. The summed E-state index contributed by atoms with van der Waals surface area (Å²) in [5.41, 5.74) is 0.281. The normalized spacial score (nSPS) is 10.7. The number of hydrogen-bond donors (Lipinski definition) is 1. The fraction of sp³-hybridized carbons (Fsp3) is 0.133. The van der Waals surface area contributed by atoms with Gasteiger partial charge in [0.25, 0.3) is 5.91 Å². The number of carbonyl (C=O) groups is 1. The summed E-state index contributed by atoms with van der Waals surface area (Å²) in [7, 11) is 1.57. The lowest BCUT2D eigenvalue weighted by molar-refractivity contribution is 0.102. The molecule has 0 fully saturated rings. The number of rotatable bonds is 3. The van der Waals surface area contributed by atoms with E-state index in [-0.39, 0.29) is 11.6 Å². The number of carbonyl (C=O) groups excluding carboxylic acids is 1. The highest BCUT2D eigenvalue weighted by Crippen LogP contribution is 2.34. The van der Waals surface area contributed by atoms with E-state index in [4.69, 9.17) is 9.26 Å². The van der Waals surface area contributed by atoms with Crippen molar-refractivity contribution in [1.29, 1.82) is 0 Å². The van der Waals surface area contributed by atoms with Crippen LogP contribution in [0.25, 0.3) is 10.8 Å². The van der Waals surface area contributed by atoms with E-state index in [0.29, 0.717) is 27.2 Å². The summed E-state index contributed by atoms with van der Waals surface area (Å²) in [6.07, 6.45) is 1.59. The van der Waals surface area contributed by atoms with E-state index in [1.165, 1.54) is 0 Å². The van der Waals surface area contributed by atoms with Crippen molar-refractivity contribution in [3.63, 3.8) is 0 Å². The van der Waals surface area contributed by atoms with Crippen molar-refractivity contribution in [2.75, 3.05) is 12.4 Å². The summed E-state index contributed by atoms with van der Waals surface area (Å²) >= 11 is 3.47. The molecule has 0 saturated heterocycles. The fourth-order valence-corrected chi connectivity index (χ4v) is 2.85. The highest BCUT2D eigenvalue weighted by molar-refractivity contribution is 9.10. The predicted octanol–water partition coefficient (Wildman–Crippen LogP) is 3.55. The van der Waals surface area contributed by atoms with Crippen molar-refractivity contribution < 1.29 is 14.1 Å². The van der Waals surface area contributed by atoms with Gasteiger partial charge in [-0.05, 0) is 40.4 Å². The van der Waals surface area contributed by atoms with Crippen molar-refractivity contribution in [3.05, 3.63) is 46.4 Å². The molecule has 0 aliphatic heterocycles. The summed E-state index contributed by atoms with van der Waals surface area (Å²) in [5.74, 6) is 1.23. The zero-order valence-corrected chi connectivity index (χ0v) is 13.5. The Labute approximate surface area is 134 Å². The first-order chi connectivity index (χ1) is 10.6. The fourth-order valence-electron chi connectivity index (χ4n) is 2.14. The lowest BCUT2D eigenvalue weighted by Crippen LogP contribution is -2.14. The summed E-state index contributed by atoms with van der Waals surface area (Å²) in [6.45, 7) is 1.75. The van der Waals surface area contributed by atoms with Gasteiger partial charge in [-0.3, -0.25) is 9.78 Å². The van der Waals surface area contributed by atoms with Gasteiger partial charge in [0.1, 0.15) is 17.2 Å². The first kappa shape index (κ1) is 14.5. The Bertz CT molecular complexity index is 860. The van der Waals surface area contributed by atoms with Gasteiger partial charge in [0.2, 0.25) is 0 Å². The average Bonchev–Trinajstić information content (AvgIpc) is 2.92. The van der Waals surface area contributed by atoms with E-state index in [0.717, 1.165) is 5.39 Å². The minimum absolute atomic E-state index is 0.281. The summed E-state index contributed by atoms with van der Waals surface area (Å²) in [5, 5.41) is 7.97. The van der Waals surface area contributed by atoms with Crippen LogP contribution in [0.1, 0.15) is 16.2 Å². The number of fused-ring (bicyclic) bond motifs is 1. The number of nitrogens with zero attached hydrogens (tertiary/aromatic N) is 2. The lowest BCUT2D eigenvalue weighted by atomic mass is 10.1. The molecule has 1 amide bonds. The molecule has 1 aromatic carbocycles. The minimum atomic E-state index is -0.368. The number of aryl methyl sites for hydroxylation is 1. The van der Waals surface area contributed by atoms with Gasteiger partial charge in [0.15, 0.2) is 5.82 Å². The maximum Gasteiger partial charge on any atom is 0.276 e. The number of methoxy groups -OCH3 is 1. The maximum absolute atomic E-state index is 12.5. The van der Waals surface area contributed by atoms with Gasteiger partial charge in [0, 0.05) is 17.6 Å². The van der Waals surface area contributed by atoms with Crippen LogP contribution in [0.5, 0.6) is 5.75 Å². The molecule has 0 aliphatic carbocycles. The Morgan fingerprint density at radius 2 is 2.18 bits per heavy atom. The molecule has 112 valence electrons. The second-order valence-electron chi connectivity index (χ2n) is 4.62. The SMILES string of the molecule is COc1ccc2ccnc(C(=O)Nc3cc(C)on3)c2c1Br. The molecular weight excluding hydrogens is 350 g/mol. The number of pyridine rings is 1. The number of benzene rings is 1. The third-order valence-corrected chi connectivity index (χ3v) is 3.93.